The largest absolute Gasteiger partial charge is 0.367 e. The molecule has 0 N–H and O–H groups in total. The molecule has 23 heavy (non-hydrogen) atoms. The number of amides is 1. The number of hydrogen-bond acceptors (Lipinski definition) is 3. The van der Waals surface area contributed by atoms with Crippen molar-refractivity contribution in [3.05, 3.63) is 35.9 Å². The van der Waals surface area contributed by atoms with Crippen LogP contribution in [0.1, 0.15) is 38.4 Å². The Hall–Kier alpha value is -1.39. The van der Waals surface area contributed by atoms with Crippen LogP contribution in [-0.2, 0) is 9.53 Å². The van der Waals surface area contributed by atoms with Crippen molar-refractivity contribution in [1.29, 1.82) is 0 Å². The van der Waals surface area contributed by atoms with Crippen molar-refractivity contribution in [2.45, 2.75) is 38.9 Å². The second kappa shape index (κ2) is 7.45. The van der Waals surface area contributed by atoms with E-state index in [0.29, 0.717) is 12.5 Å². The van der Waals surface area contributed by atoms with Crippen LogP contribution in [0, 0.1) is 5.92 Å². The molecule has 0 aromatic heterocycles. The minimum Gasteiger partial charge on any atom is -0.367 e. The molecule has 0 unspecified atom stereocenters. The Labute approximate surface area is 139 Å². The molecule has 4 nitrogen and oxygen atoms in total. The maximum absolute atomic E-state index is 12.5. The number of rotatable bonds is 4. The van der Waals surface area contributed by atoms with Gasteiger partial charge in [0.05, 0.1) is 18.8 Å². The van der Waals surface area contributed by atoms with Crippen LogP contribution in [0.25, 0.3) is 0 Å². The molecule has 1 aromatic rings. The Morgan fingerprint density at radius 2 is 1.87 bits per heavy atom. The normalized spacial score (nSPS) is 26.0. The van der Waals surface area contributed by atoms with Crippen molar-refractivity contribution >= 4 is 5.91 Å². The average molecular weight is 316 g/mol. The first-order chi connectivity index (χ1) is 11.1. The summed E-state index contributed by atoms with van der Waals surface area (Å²) in [6, 6.07) is 10.4. The first-order valence-electron chi connectivity index (χ1n) is 8.84. The summed E-state index contributed by atoms with van der Waals surface area (Å²) in [6.07, 6.45) is 2.54. The van der Waals surface area contributed by atoms with Gasteiger partial charge in [0, 0.05) is 26.2 Å². The Balaban J connectivity index is 1.67. The van der Waals surface area contributed by atoms with E-state index in [1.54, 1.807) is 0 Å². The molecular weight excluding hydrogens is 288 g/mol. The summed E-state index contributed by atoms with van der Waals surface area (Å²) >= 11 is 0. The smallest absolute Gasteiger partial charge is 0.236 e. The summed E-state index contributed by atoms with van der Waals surface area (Å²) in [5.41, 5.74) is 1.21. The van der Waals surface area contributed by atoms with Crippen LogP contribution < -0.4 is 0 Å². The van der Waals surface area contributed by atoms with E-state index in [-0.39, 0.29) is 18.1 Å². The molecule has 2 aliphatic heterocycles. The number of morpholine rings is 1. The minimum atomic E-state index is 0.0590. The lowest BCUT2D eigenvalue weighted by Crippen LogP contribution is -2.49. The van der Waals surface area contributed by atoms with Crippen molar-refractivity contribution < 1.29 is 9.53 Å². The molecule has 2 fully saturated rings. The molecule has 0 radical (unpaired) electrons. The lowest BCUT2D eigenvalue weighted by atomic mass is 10.0. The van der Waals surface area contributed by atoms with E-state index in [0.717, 1.165) is 39.0 Å². The molecular formula is C19H28N2O2. The average Bonchev–Trinajstić information content (AvgIpc) is 3.10. The fraction of sp³-hybridized carbons (Fsp3) is 0.632. The van der Waals surface area contributed by atoms with E-state index in [9.17, 15) is 4.79 Å². The van der Waals surface area contributed by atoms with Gasteiger partial charge in [0.2, 0.25) is 5.91 Å². The lowest BCUT2D eigenvalue weighted by molar-refractivity contribution is -0.138. The molecule has 4 heteroatoms. The summed E-state index contributed by atoms with van der Waals surface area (Å²) in [7, 11) is 0. The van der Waals surface area contributed by atoms with Gasteiger partial charge in [-0.25, -0.2) is 0 Å². The van der Waals surface area contributed by atoms with Crippen LogP contribution in [0.2, 0.25) is 0 Å². The summed E-state index contributed by atoms with van der Waals surface area (Å²) < 4.78 is 6.30. The number of carbonyl (C=O) groups is 1. The van der Waals surface area contributed by atoms with E-state index in [1.807, 2.05) is 11.0 Å². The molecule has 3 rings (SSSR count). The molecule has 2 saturated heterocycles. The van der Waals surface area contributed by atoms with Crippen LogP contribution in [0.4, 0.5) is 0 Å². The van der Waals surface area contributed by atoms with Gasteiger partial charge in [0.15, 0.2) is 0 Å². The van der Waals surface area contributed by atoms with Crippen LogP contribution in [0.5, 0.6) is 0 Å². The topological polar surface area (TPSA) is 32.8 Å². The quantitative estimate of drug-likeness (QED) is 0.856. The van der Waals surface area contributed by atoms with Crippen molar-refractivity contribution in [1.82, 2.24) is 9.80 Å². The number of carbonyl (C=O) groups excluding carboxylic acids is 1. The molecule has 0 saturated carbocycles. The van der Waals surface area contributed by atoms with Gasteiger partial charge >= 0.3 is 0 Å². The third-order valence-electron chi connectivity index (χ3n) is 4.93. The number of hydrogen-bond donors (Lipinski definition) is 0. The second-order valence-corrected chi connectivity index (χ2v) is 7.10. The summed E-state index contributed by atoms with van der Waals surface area (Å²) in [6.45, 7) is 8.41. The third kappa shape index (κ3) is 4.12. The highest BCUT2D eigenvalue weighted by Crippen LogP contribution is 2.28. The van der Waals surface area contributed by atoms with Gasteiger partial charge in [-0.2, -0.15) is 0 Å². The van der Waals surface area contributed by atoms with Crippen molar-refractivity contribution in [3.8, 4) is 0 Å². The predicted octanol–water partition coefficient (Wildman–Crippen LogP) is 2.71. The SMILES string of the molecule is CC(C)[C@H]1CN(CC(=O)N2CCCC2)C[C@@H](c2ccccc2)O1. The molecule has 0 aliphatic carbocycles. The number of benzene rings is 1. The lowest BCUT2D eigenvalue weighted by Gasteiger charge is -2.40. The van der Waals surface area contributed by atoms with Gasteiger partial charge in [-0.05, 0) is 24.3 Å². The monoisotopic (exact) mass is 316 g/mol. The van der Waals surface area contributed by atoms with Crippen molar-refractivity contribution in [2.75, 3.05) is 32.7 Å². The van der Waals surface area contributed by atoms with Crippen LogP contribution in [0.3, 0.4) is 0 Å². The van der Waals surface area contributed by atoms with Gasteiger partial charge in [-0.3, -0.25) is 9.69 Å². The zero-order valence-electron chi connectivity index (χ0n) is 14.3. The van der Waals surface area contributed by atoms with Gasteiger partial charge in [0.1, 0.15) is 0 Å². The summed E-state index contributed by atoms with van der Waals surface area (Å²) in [5.74, 6) is 0.726. The zero-order valence-corrected chi connectivity index (χ0v) is 14.3. The van der Waals surface area contributed by atoms with Gasteiger partial charge in [-0.1, -0.05) is 44.2 Å². The second-order valence-electron chi connectivity index (χ2n) is 7.10. The molecule has 2 aliphatic rings. The first-order valence-corrected chi connectivity index (χ1v) is 8.84. The van der Waals surface area contributed by atoms with Crippen molar-refractivity contribution in [3.63, 3.8) is 0 Å². The number of ether oxygens (including phenoxy) is 1. The molecule has 2 atom stereocenters. The van der Waals surface area contributed by atoms with Gasteiger partial charge in [-0.15, -0.1) is 0 Å². The fourth-order valence-corrected chi connectivity index (χ4v) is 3.47. The molecule has 2 heterocycles. The third-order valence-corrected chi connectivity index (χ3v) is 4.93. The Morgan fingerprint density at radius 3 is 2.52 bits per heavy atom. The Morgan fingerprint density at radius 1 is 1.17 bits per heavy atom. The van der Waals surface area contributed by atoms with E-state index < -0.39 is 0 Å². The summed E-state index contributed by atoms with van der Waals surface area (Å²) in [4.78, 5) is 16.8. The molecule has 0 spiro atoms. The fourth-order valence-electron chi connectivity index (χ4n) is 3.47. The highest BCUT2D eigenvalue weighted by atomic mass is 16.5. The number of likely N-dealkylation sites (tertiary alicyclic amines) is 1. The number of nitrogens with zero attached hydrogens (tertiary/aromatic N) is 2. The zero-order chi connectivity index (χ0) is 16.2. The van der Waals surface area contributed by atoms with Crippen LogP contribution in [0.15, 0.2) is 30.3 Å². The predicted molar refractivity (Wildman–Crippen MR) is 91.1 cm³/mol. The standard InChI is InChI=1S/C19H28N2O2/c1-15(2)17-12-20(14-19(22)21-10-6-7-11-21)13-18(23-17)16-8-4-3-5-9-16/h3-5,8-9,15,17-18H,6-7,10-14H2,1-2H3/t17-,18+/m1/s1. The van der Waals surface area contributed by atoms with Gasteiger partial charge < -0.3 is 9.64 Å². The van der Waals surface area contributed by atoms with E-state index in [4.69, 9.17) is 4.74 Å². The highest BCUT2D eigenvalue weighted by Gasteiger charge is 2.32. The minimum absolute atomic E-state index is 0.0590. The molecule has 1 aromatic carbocycles. The van der Waals surface area contributed by atoms with E-state index in [1.165, 1.54) is 5.56 Å². The Kier molecular flexibility index (Phi) is 5.34. The van der Waals surface area contributed by atoms with Crippen molar-refractivity contribution in [2.24, 2.45) is 5.92 Å². The van der Waals surface area contributed by atoms with E-state index >= 15 is 0 Å². The van der Waals surface area contributed by atoms with Crippen LogP contribution >= 0.6 is 0 Å². The Bertz CT molecular complexity index is 511. The maximum atomic E-state index is 12.5. The first kappa shape index (κ1) is 16.5. The summed E-state index contributed by atoms with van der Waals surface area (Å²) in [5, 5.41) is 0. The molecule has 1 amide bonds. The van der Waals surface area contributed by atoms with Crippen LogP contribution in [-0.4, -0.2) is 54.5 Å². The maximum Gasteiger partial charge on any atom is 0.236 e. The van der Waals surface area contributed by atoms with Gasteiger partial charge in [0.25, 0.3) is 0 Å². The molecule has 0 bridgehead atoms. The molecule has 126 valence electrons. The highest BCUT2D eigenvalue weighted by molar-refractivity contribution is 5.78. The van der Waals surface area contributed by atoms with E-state index in [2.05, 4.69) is 43.0 Å².